The molecule has 0 aromatic heterocycles. The van der Waals surface area contributed by atoms with E-state index in [1.807, 2.05) is 0 Å². The summed E-state index contributed by atoms with van der Waals surface area (Å²) in [5, 5.41) is -1.04. The Balaban J connectivity index is 2.68. The third kappa shape index (κ3) is 2.83. The van der Waals surface area contributed by atoms with E-state index >= 15 is 0 Å². The molecule has 6 heteroatoms. The summed E-state index contributed by atoms with van der Waals surface area (Å²) in [5.41, 5.74) is 2.12. The summed E-state index contributed by atoms with van der Waals surface area (Å²) < 4.78 is 35.4. The minimum atomic E-state index is -1.04. The fourth-order valence-corrected chi connectivity index (χ4v) is 0.785. The second kappa shape index (κ2) is 4.56. The second-order valence-corrected chi connectivity index (χ2v) is 2.14. The molecule has 0 aliphatic carbocycles. The normalized spacial score (nSPS) is 9.77. The van der Waals surface area contributed by atoms with Crippen LogP contribution in [0.15, 0.2) is 24.3 Å². The number of anilines is 2. The average molecular weight is 192 g/mol. The van der Waals surface area contributed by atoms with Crippen LogP contribution in [0.2, 0.25) is 0 Å². The van der Waals surface area contributed by atoms with Gasteiger partial charge in [0.05, 0.1) is 5.69 Å². The maximum absolute atomic E-state index is 12.0. The zero-order chi connectivity index (χ0) is 9.68. The number of benzene rings is 1. The molecule has 0 spiro atoms. The van der Waals surface area contributed by atoms with Crippen molar-refractivity contribution in [1.82, 2.24) is 0 Å². The molecule has 0 bridgehead atoms. The number of alkyl halides is 1. The molecule has 3 nitrogen and oxygen atoms in total. The Bertz CT molecular complexity index is 270. The largest absolute Gasteiger partial charge is 0.264 e. The van der Waals surface area contributed by atoms with E-state index < -0.39 is 12.2 Å². The first-order valence-corrected chi connectivity index (χ1v) is 3.39. The minimum absolute atomic E-state index is 0.260. The molecule has 1 N–H and O–H groups in total. The van der Waals surface area contributed by atoms with Crippen LogP contribution in [0.3, 0.4) is 0 Å². The Hall–Kier alpha value is -1.43. The highest BCUT2D eigenvalue weighted by molar-refractivity contribution is 5.54. The predicted molar refractivity (Wildman–Crippen MR) is 41.8 cm³/mol. The lowest BCUT2D eigenvalue weighted by Crippen LogP contribution is -2.01. The Morgan fingerprint density at radius 1 is 1.38 bits per heavy atom. The monoisotopic (exact) mass is 192 g/mol. The van der Waals surface area contributed by atoms with Crippen molar-refractivity contribution < 1.29 is 18.2 Å². The summed E-state index contributed by atoms with van der Waals surface area (Å²) in [6.45, 7) is -1.03. The molecule has 72 valence electrons. The SMILES string of the molecule is FCONc1cccc(N(F)F)c1. The molecule has 0 saturated carbocycles. The zero-order valence-electron chi connectivity index (χ0n) is 6.51. The van der Waals surface area contributed by atoms with Gasteiger partial charge in [0.15, 0.2) is 0 Å². The van der Waals surface area contributed by atoms with Crippen LogP contribution in [-0.2, 0) is 4.84 Å². The third-order valence-electron chi connectivity index (χ3n) is 1.29. The molecule has 1 aromatic carbocycles. The zero-order valence-corrected chi connectivity index (χ0v) is 6.51. The maximum atomic E-state index is 12.0. The van der Waals surface area contributed by atoms with E-state index in [4.69, 9.17) is 0 Å². The smallest absolute Gasteiger partial charge is 0.214 e. The number of hydrogen-bond acceptors (Lipinski definition) is 3. The highest BCUT2D eigenvalue weighted by atomic mass is 19.4. The highest BCUT2D eigenvalue weighted by Gasteiger charge is 2.02. The molecule has 0 radical (unpaired) electrons. The molecule has 0 aliphatic rings. The highest BCUT2D eigenvalue weighted by Crippen LogP contribution is 2.19. The standard InChI is InChI=1S/C7H7F3N2O/c8-5-13-11-6-2-1-3-7(4-6)12(9)10/h1-4,11H,5H2. The van der Waals surface area contributed by atoms with Crippen molar-refractivity contribution in [2.24, 2.45) is 0 Å². The number of nitrogens with one attached hydrogen (secondary N) is 1. The fraction of sp³-hybridized carbons (Fsp3) is 0.143. The van der Waals surface area contributed by atoms with Crippen molar-refractivity contribution in [2.75, 3.05) is 17.7 Å². The van der Waals surface area contributed by atoms with Crippen molar-refractivity contribution in [3.63, 3.8) is 0 Å². The molecule has 0 unspecified atom stereocenters. The average Bonchev–Trinajstić information content (AvgIpc) is 2.15. The molecule has 13 heavy (non-hydrogen) atoms. The van der Waals surface area contributed by atoms with Crippen molar-refractivity contribution in [3.8, 4) is 0 Å². The molecule has 1 aromatic rings. The van der Waals surface area contributed by atoms with Crippen LogP contribution in [0.1, 0.15) is 0 Å². The molecular formula is C7H7F3N2O. The molecular weight excluding hydrogens is 185 g/mol. The van der Waals surface area contributed by atoms with Crippen LogP contribution < -0.4 is 10.8 Å². The number of halogens is 3. The van der Waals surface area contributed by atoms with E-state index in [-0.39, 0.29) is 11.4 Å². The minimum Gasteiger partial charge on any atom is -0.264 e. The Morgan fingerprint density at radius 2 is 2.15 bits per heavy atom. The number of hydrogen-bond donors (Lipinski definition) is 1. The van der Waals surface area contributed by atoms with Gasteiger partial charge in [0.1, 0.15) is 5.69 Å². The lowest BCUT2D eigenvalue weighted by Gasteiger charge is -2.06. The van der Waals surface area contributed by atoms with Crippen LogP contribution in [0, 0.1) is 0 Å². The van der Waals surface area contributed by atoms with Gasteiger partial charge >= 0.3 is 0 Å². The summed E-state index contributed by atoms with van der Waals surface area (Å²) in [7, 11) is 0. The van der Waals surface area contributed by atoms with Gasteiger partial charge in [-0.15, -0.1) is 0 Å². The Morgan fingerprint density at radius 3 is 2.77 bits per heavy atom. The summed E-state index contributed by atoms with van der Waals surface area (Å²) >= 11 is 0. The fourth-order valence-electron chi connectivity index (χ4n) is 0.785. The quantitative estimate of drug-likeness (QED) is 0.586. The first-order valence-electron chi connectivity index (χ1n) is 3.39. The van der Waals surface area contributed by atoms with Crippen molar-refractivity contribution in [3.05, 3.63) is 24.3 Å². The van der Waals surface area contributed by atoms with E-state index in [0.717, 1.165) is 6.07 Å². The first-order chi connectivity index (χ1) is 6.24. The lowest BCUT2D eigenvalue weighted by atomic mass is 10.3. The van der Waals surface area contributed by atoms with E-state index in [9.17, 15) is 13.4 Å². The third-order valence-corrected chi connectivity index (χ3v) is 1.29. The number of rotatable bonds is 4. The second-order valence-electron chi connectivity index (χ2n) is 2.14. The van der Waals surface area contributed by atoms with Crippen molar-refractivity contribution >= 4 is 11.4 Å². The van der Waals surface area contributed by atoms with Crippen molar-refractivity contribution in [2.45, 2.75) is 0 Å². The van der Waals surface area contributed by atoms with Crippen LogP contribution in [0.4, 0.5) is 24.7 Å². The molecule has 0 aliphatic heterocycles. The Labute approximate surface area is 72.5 Å². The van der Waals surface area contributed by atoms with E-state index in [1.165, 1.54) is 18.2 Å². The van der Waals surface area contributed by atoms with Crippen LogP contribution >= 0.6 is 0 Å². The van der Waals surface area contributed by atoms with Crippen molar-refractivity contribution in [1.29, 1.82) is 0 Å². The van der Waals surface area contributed by atoms with Gasteiger partial charge in [0.25, 0.3) is 0 Å². The van der Waals surface area contributed by atoms with E-state index in [0.29, 0.717) is 0 Å². The van der Waals surface area contributed by atoms with Crippen LogP contribution in [0.25, 0.3) is 0 Å². The van der Waals surface area contributed by atoms with E-state index in [2.05, 4.69) is 10.3 Å². The van der Waals surface area contributed by atoms with Gasteiger partial charge in [-0.1, -0.05) is 15.0 Å². The number of nitrogens with zero attached hydrogens (tertiary/aromatic N) is 1. The molecule has 0 saturated heterocycles. The van der Waals surface area contributed by atoms with Gasteiger partial charge in [0, 0.05) is 0 Å². The van der Waals surface area contributed by atoms with Gasteiger partial charge in [-0.2, -0.15) is 0 Å². The molecule has 0 heterocycles. The van der Waals surface area contributed by atoms with Gasteiger partial charge in [-0.3, -0.25) is 5.48 Å². The van der Waals surface area contributed by atoms with Gasteiger partial charge in [0.2, 0.25) is 6.86 Å². The summed E-state index contributed by atoms with van der Waals surface area (Å²) in [6, 6.07) is 5.20. The van der Waals surface area contributed by atoms with Crippen LogP contribution in [0.5, 0.6) is 0 Å². The van der Waals surface area contributed by atoms with E-state index in [1.54, 1.807) is 0 Å². The molecule has 0 atom stereocenters. The Kier molecular flexibility index (Phi) is 3.39. The lowest BCUT2D eigenvalue weighted by molar-refractivity contribution is 0.101. The van der Waals surface area contributed by atoms with Gasteiger partial charge in [-0.05, 0) is 23.5 Å². The predicted octanol–water partition coefficient (Wildman–Crippen LogP) is 2.53. The molecule has 0 amide bonds. The summed E-state index contributed by atoms with van der Waals surface area (Å²) in [6.07, 6.45) is 0. The van der Waals surface area contributed by atoms with Gasteiger partial charge in [-0.25, -0.2) is 9.23 Å². The first kappa shape index (κ1) is 9.66. The molecule has 1 rings (SSSR count). The topological polar surface area (TPSA) is 24.5 Å². The maximum Gasteiger partial charge on any atom is 0.214 e. The summed E-state index contributed by atoms with van der Waals surface area (Å²) in [4.78, 5) is 4.17. The van der Waals surface area contributed by atoms with Crippen LogP contribution in [-0.4, -0.2) is 6.86 Å². The molecule has 0 fully saturated rings. The summed E-state index contributed by atoms with van der Waals surface area (Å²) in [5.74, 6) is 0. The van der Waals surface area contributed by atoms with Gasteiger partial charge < -0.3 is 0 Å².